The van der Waals surface area contributed by atoms with Crippen molar-refractivity contribution in [2.24, 2.45) is 5.92 Å². The molecule has 2 heterocycles. The number of carbonyl (C=O) groups is 2. The average Bonchev–Trinajstić information content (AvgIpc) is 2.90. The first-order valence-electron chi connectivity index (χ1n) is 8.64. The lowest BCUT2D eigenvalue weighted by Crippen LogP contribution is -2.17. The Morgan fingerprint density at radius 1 is 1.27 bits per heavy atom. The van der Waals surface area contributed by atoms with Crippen molar-refractivity contribution in [2.45, 2.75) is 53.6 Å². The number of thiophene rings is 1. The van der Waals surface area contributed by atoms with E-state index in [9.17, 15) is 14.4 Å². The van der Waals surface area contributed by atoms with Crippen molar-refractivity contribution in [1.82, 2.24) is 9.97 Å². The molecule has 0 bridgehead atoms. The van der Waals surface area contributed by atoms with Gasteiger partial charge in [-0.15, -0.1) is 11.3 Å². The maximum Gasteiger partial charge on any atom is 0.348 e. The second-order valence-corrected chi connectivity index (χ2v) is 7.47. The molecule has 0 aliphatic rings. The summed E-state index contributed by atoms with van der Waals surface area (Å²) in [5.74, 6) is -0.134. The van der Waals surface area contributed by atoms with E-state index in [0.29, 0.717) is 33.0 Å². The molecule has 0 saturated heterocycles. The van der Waals surface area contributed by atoms with Crippen molar-refractivity contribution in [3.05, 3.63) is 26.6 Å². The number of H-pyrrole nitrogens is 1. The lowest BCUT2D eigenvalue weighted by molar-refractivity contribution is -0.149. The van der Waals surface area contributed by atoms with Crippen molar-refractivity contribution in [1.29, 1.82) is 0 Å². The minimum absolute atomic E-state index is 0.255. The Morgan fingerprint density at radius 3 is 2.58 bits per heavy atom. The summed E-state index contributed by atoms with van der Waals surface area (Å²) in [6.45, 7) is 9.39. The number of carbonyl (C=O) groups excluding carboxylic acids is 2. The van der Waals surface area contributed by atoms with Gasteiger partial charge in [-0.25, -0.2) is 9.78 Å². The van der Waals surface area contributed by atoms with Crippen LogP contribution in [0.4, 0.5) is 0 Å². The molecule has 0 spiro atoms. The predicted octanol–water partition coefficient (Wildman–Crippen LogP) is 3.51. The third-order valence-electron chi connectivity index (χ3n) is 3.90. The van der Waals surface area contributed by atoms with E-state index in [1.54, 1.807) is 20.8 Å². The molecule has 2 aromatic heterocycles. The third-order valence-corrected chi connectivity index (χ3v) is 5.06. The van der Waals surface area contributed by atoms with Gasteiger partial charge in [0.25, 0.3) is 5.56 Å². The summed E-state index contributed by atoms with van der Waals surface area (Å²) >= 11 is 1.10. The quantitative estimate of drug-likeness (QED) is 0.738. The second-order valence-electron chi connectivity index (χ2n) is 6.47. The van der Waals surface area contributed by atoms with Gasteiger partial charge in [-0.1, -0.05) is 13.8 Å². The van der Waals surface area contributed by atoms with Crippen LogP contribution >= 0.6 is 11.3 Å². The van der Waals surface area contributed by atoms with E-state index in [1.165, 1.54) is 0 Å². The van der Waals surface area contributed by atoms with Gasteiger partial charge in [0, 0.05) is 6.42 Å². The molecule has 0 fully saturated rings. The highest BCUT2D eigenvalue weighted by Gasteiger charge is 2.22. The molecule has 0 amide bonds. The zero-order chi connectivity index (χ0) is 19.4. The Bertz CT molecular complexity index is 868. The van der Waals surface area contributed by atoms with Crippen molar-refractivity contribution in [3.8, 4) is 0 Å². The minimum Gasteiger partial charge on any atom is -0.462 e. The van der Waals surface area contributed by atoms with Crippen LogP contribution in [0, 0.1) is 12.8 Å². The zero-order valence-corrected chi connectivity index (χ0v) is 16.5. The summed E-state index contributed by atoms with van der Waals surface area (Å²) in [5.41, 5.74) is 0.185. The number of nitrogens with zero attached hydrogens (tertiary/aromatic N) is 1. The van der Waals surface area contributed by atoms with Crippen molar-refractivity contribution < 1.29 is 19.1 Å². The van der Waals surface area contributed by atoms with Crippen LogP contribution in [0.15, 0.2) is 4.79 Å². The highest BCUT2D eigenvalue weighted by molar-refractivity contribution is 7.20. The van der Waals surface area contributed by atoms with Crippen molar-refractivity contribution in [3.63, 3.8) is 0 Å². The monoisotopic (exact) mass is 380 g/mol. The van der Waals surface area contributed by atoms with Crippen molar-refractivity contribution in [2.75, 3.05) is 6.61 Å². The Hall–Kier alpha value is -2.22. The van der Waals surface area contributed by atoms with E-state index in [0.717, 1.165) is 17.8 Å². The van der Waals surface area contributed by atoms with Gasteiger partial charge in [0.05, 0.1) is 12.0 Å². The van der Waals surface area contributed by atoms with E-state index in [2.05, 4.69) is 9.97 Å². The van der Waals surface area contributed by atoms with Crippen LogP contribution in [0.3, 0.4) is 0 Å². The maximum atomic E-state index is 12.4. The SMILES string of the molecule is CCOC(=O)c1sc2nc([C@H](C)OC(=O)CCC(C)C)[nH]c(=O)c2c1C. The van der Waals surface area contributed by atoms with Crippen LogP contribution in [0.2, 0.25) is 0 Å². The van der Waals surface area contributed by atoms with Gasteiger partial charge in [-0.3, -0.25) is 9.59 Å². The van der Waals surface area contributed by atoms with Crippen LogP contribution in [-0.2, 0) is 14.3 Å². The van der Waals surface area contributed by atoms with E-state index in [1.807, 2.05) is 13.8 Å². The molecule has 1 N–H and O–H groups in total. The largest absolute Gasteiger partial charge is 0.462 e. The Labute approximate surface area is 155 Å². The van der Waals surface area contributed by atoms with Crippen molar-refractivity contribution >= 4 is 33.5 Å². The van der Waals surface area contributed by atoms with Crippen LogP contribution in [0.25, 0.3) is 10.2 Å². The fourth-order valence-electron chi connectivity index (χ4n) is 2.46. The summed E-state index contributed by atoms with van der Waals surface area (Å²) in [7, 11) is 0. The summed E-state index contributed by atoms with van der Waals surface area (Å²) in [6.07, 6.45) is 0.376. The molecule has 0 aliphatic carbocycles. The molecular formula is C18H24N2O5S. The van der Waals surface area contributed by atoms with Crippen LogP contribution in [0.5, 0.6) is 0 Å². The molecule has 8 heteroatoms. The first-order valence-corrected chi connectivity index (χ1v) is 9.46. The first kappa shape index (κ1) is 20.1. The van der Waals surface area contributed by atoms with Gasteiger partial charge in [-0.05, 0) is 38.7 Å². The molecule has 142 valence electrons. The summed E-state index contributed by atoms with van der Waals surface area (Å²) in [6, 6.07) is 0. The smallest absolute Gasteiger partial charge is 0.348 e. The Kier molecular flexibility index (Phi) is 6.52. The fraction of sp³-hybridized carbons (Fsp3) is 0.556. The number of aryl methyl sites for hydroxylation is 1. The van der Waals surface area contributed by atoms with E-state index >= 15 is 0 Å². The Morgan fingerprint density at radius 2 is 1.96 bits per heavy atom. The van der Waals surface area contributed by atoms with Gasteiger partial charge >= 0.3 is 11.9 Å². The van der Waals surface area contributed by atoms with Gasteiger partial charge in [0.2, 0.25) is 0 Å². The molecule has 7 nitrogen and oxygen atoms in total. The van der Waals surface area contributed by atoms with Gasteiger partial charge < -0.3 is 14.5 Å². The lowest BCUT2D eigenvalue weighted by atomic mass is 10.1. The van der Waals surface area contributed by atoms with Gasteiger partial charge in [0.15, 0.2) is 11.9 Å². The predicted molar refractivity (Wildman–Crippen MR) is 99.5 cm³/mol. The molecule has 0 radical (unpaired) electrons. The number of aromatic nitrogens is 2. The highest BCUT2D eigenvalue weighted by Crippen LogP contribution is 2.28. The molecule has 2 rings (SSSR count). The average molecular weight is 380 g/mol. The number of nitrogens with one attached hydrogen (secondary N) is 1. The van der Waals surface area contributed by atoms with Crippen LogP contribution < -0.4 is 5.56 Å². The molecule has 1 atom stereocenters. The van der Waals surface area contributed by atoms with E-state index < -0.39 is 12.1 Å². The Balaban J connectivity index is 2.28. The number of esters is 2. The number of hydrogen-bond donors (Lipinski definition) is 1. The molecule has 0 saturated carbocycles. The third kappa shape index (κ3) is 4.49. The maximum absolute atomic E-state index is 12.4. The minimum atomic E-state index is -0.680. The van der Waals surface area contributed by atoms with E-state index in [4.69, 9.17) is 9.47 Å². The molecule has 2 aromatic rings. The summed E-state index contributed by atoms with van der Waals surface area (Å²) in [4.78, 5) is 44.2. The molecular weight excluding hydrogens is 356 g/mol. The van der Waals surface area contributed by atoms with Gasteiger partial charge in [-0.2, -0.15) is 0 Å². The number of ether oxygens (including phenoxy) is 2. The summed E-state index contributed by atoms with van der Waals surface area (Å²) < 4.78 is 10.4. The molecule has 26 heavy (non-hydrogen) atoms. The first-order chi connectivity index (χ1) is 12.2. The summed E-state index contributed by atoms with van der Waals surface area (Å²) in [5, 5.41) is 0.361. The molecule has 0 unspecified atom stereocenters. The zero-order valence-electron chi connectivity index (χ0n) is 15.7. The van der Waals surface area contributed by atoms with Gasteiger partial charge in [0.1, 0.15) is 9.71 Å². The molecule has 0 aromatic carbocycles. The number of aromatic amines is 1. The number of fused-ring (bicyclic) bond motifs is 1. The normalized spacial score (nSPS) is 12.4. The van der Waals surface area contributed by atoms with Crippen LogP contribution in [-0.4, -0.2) is 28.5 Å². The highest BCUT2D eigenvalue weighted by atomic mass is 32.1. The standard InChI is InChI=1S/C18H24N2O5S/c1-6-24-18(23)14-10(4)13-16(22)19-15(20-17(13)26-14)11(5)25-12(21)8-7-9(2)3/h9,11H,6-8H2,1-5H3,(H,19,20,22)/t11-/m0/s1. The second kappa shape index (κ2) is 8.44. The topological polar surface area (TPSA) is 98.3 Å². The fourth-order valence-corrected chi connectivity index (χ4v) is 3.55. The van der Waals surface area contributed by atoms with E-state index in [-0.39, 0.29) is 24.0 Å². The number of hydrogen-bond acceptors (Lipinski definition) is 7. The molecule has 0 aliphatic heterocycles. The number of rotatable bonds is 7. The van der Waals surface area contributed by atoms with Crippen LogP contribution in [0.1, 0.15) is 67.7 Å². The lowest BCUT2D eigenvalue weighted by Gasteiger charge is -2.13.